The molecule has 0 fully saturated rings. The van der Waals surface area contributed by atoms with Crippen LogP contribution >= 0.6 is 0 Å². The Hall–Kier alpha value is -5.28. The van der Waals surface area contributed by atoms with E-state index in [9.17, 15) is 0 Å². The first-order valence-electron chi connectivity index (χ1n) is 13.2. The first-order chi connectivity index (χ1) is 19.3. The van der Waals surface area contributed by atoms with Crippen molar-refractivity contribution in [3.05, 3.63) is 127 Å². The van der Waals surface area contributed by atoms with Crippen LogP contribution in [0.2, 0.25) is 0 Å². The average molecular weight is 500 g/mol. The van der Waals surface area contributed by atoms with Crippen LogP contribution in [0.5, 0.6) is 0 Å². The lowest BCUT2D eigenvalue weighted by molar-refractivity contribution is 0.668. The zero-order chi connectivity index (χ0) is 25.5. The minimum Gasteiger partial charge on any atom is -0.456 e. The number of para-hydroxylation sites is 3. The fraction of sp³-hybridized carbons (Fsp3) is 0. The molecule has 3 aromatic heterocycles. The van der Waals surface area contributed by atoms with E-state index >= 15 is 0 Å². The fourth-order valence-corrected chi connectivity index (χ4v) is 6.27. The molecule has 9 aromatic rings. The van der Waals surface area contributed by atoms with E-state index < -0.39 is 0 Å². The molecule has 0 N–H and O–H groups in total. The van der Waals surface area contributed by atoms with Crippen molar-refractivity contribution in [1.29, 1.82) is 0 Å². The van der Waals surface area contributed by atoms with Crippen LogP contribution in [0.3, 0.4) is 0 Å². The van der Waals surface area contributed by atoms with E-state index in [1.54, 1.807) is 0 Å². The van der Waals surface area contributed by atoms with Crippen LogP contribution in [0, 0.1) is 0 Å². The predicted molar refractivity (Wildman–Crippen MR) is 161 cm³/mol. The third-order valence-electron chi connectivity index (χ3n) is 8.01. The quantitative estimate of drug-likeness (QED) is 0.237. The highest BCUT2D eigenvalue weighted by Crippen LogP contribution is 2.40. The molecule has 0 spiro atoms. The number of aromatic nitrogens is 1. The van der Waals surface area contributed by atoms with Crippen molar-refractivity contribution < 1.29 is 8.83 Å². The second-order valence-corrected chi connectivity index (χ2v) is 10.1. The Kier molecular flexibility index (Phi) is 4.05. The van der Waals surface area contributed by atoms with Crippen LogP contribution in [-0.4, -0.2) is 4.57 Å². The second kappa shape index (κ2) is 7.62. The van der Waals surface area contributed by atoms with E-state index in [-0.39, 0.29) is 0 Å². The standard InChI is InChI=1S/C36H21NO2/c1-4-12-30-25(8-1)28-20-29-26-9-2-5-13-32(26)39-35(29)21-31(28)37(30)23-18-16-22(17-19-23)24-11-7-15-34-36(24)27-10-3-6-14-33(27)38-34/h1-21H. The number of nitrogens with zero attached hydrogens (tertiary/aromatic N) is 1. The Morgan fingerprint density at radius 3 is 1.92 bits per heavy atom. The number of rotatable bonds is 2. The number of furan rings is 2. The monoisotopic (exact) mass is 499 g/mol. The van der Waals surface area contributed by atoms with E-state index in [1.165, 1.54) is 21.9 Å². The smallest absolute Gasteiger partial charge is 0.137 e. The number of hydrogen-bond donors (Lipinski definition) is 0. The van der Waals surface area contributed by atoms with E-state index in [0.717, 1.165) is 60.6 Å². The van der Waals surface area contributed by atoms with E-state index in [0.29, 0.717) is 0 Å². The fourth-order valence-electron chi connectivity index (χ4n) is 6.27. The van der Waals surface area contributed by atoms with Gasteiger partial charge >= 0.3 is 0 Å². The Labute approximate surface area is 223 Å². The van der Waals surface area contributed by atoms with Crippen LogP contribution in [0.1, 0.15) is 0 Å². The molecule has 3 heteroatoms. The number of hydrogen-bond acceptors (Lipinski definition) is 2. The maximum absolute atomic E-state index is 6.27. The third-order valence-corrected chi connectivity index (χ3v) is 8.01. The van der Waals surface area contributed by atoms with Crippen molar-refractivity contribution in [1.82, 2.24) is 4.57 Å². The number of fused-ring (bicyclic) bond motifs is 9. The lowest BCUT2D eigenvalue weighted by atomic mass is 9.99. The zero-order valence-corrected chi connectivity index (χ0v) is 20.9. The normalized spacial score (nSPS) is 12.1. The van der Waals surface area contributed by atoms with Crippen molar-refractivity contribution in [2.45, 2.75) is 0 Å². The van der Waals surface area contributed by atoms with Crippen LogP contribution < -0.4 is 0 Å². The average Bonchev–Trinajstić information content (AvgIpc) is 3.65. The molecule has 39 heavy (non-hydrogen) atoms. The molecule has 0 amide bonds. The van der Waals surface area contributed by atoms with Gasteiger partial charge in [-0.2, -0.15) is 0 Å². The summed E-state index contributed by atoms with van der Waals surface area (Å²) in [7, 11) is 0. The molecule has 0 radical (unpaired) electrons. The summed E-state index contributed by atoms with van der Waals surface area (Å²) in [6.07, 6.45) is 0. The third kappa shape index (κ3) is 2.87. The molecule has 0 aliphatic rings. The van der Waals surface area contributed by atoms with Crippen molar-refractivity contribution in [2.24, 2.45) is 0 Å². The van der Waals surface area contributed by atoms with E-state index in [2.05, 4.69) is 102 Å². The van der Waals surface area contributed by atoms with Gasteiger partial charge in [-0.25, -0.2) is 0 Å². The molecule has 182 valence electrons. The van der Waals surface area contributed by atoms with Gasteiger partial charge in [-0.05, 0) is 53.6 Å². The van der Waals surface area contributed by atoms with Gasteiger partial charge in [-0.3, -0.25) is 0 Å². The zero-order valence-electron chi connectivity index (χ0n) is 20.9. The summed E-state index contributed by atoms with van der Waals surface area (Å²) in [6, 6.07) is 44.8. The molecule has 0 saturated heterocycles. The van der Waals surface area contributed by atoms with Gasteiger partial charge in [0.05, 0.1) is 11.0 Å². The minimum atomic E-state index is 0.905. The maximum atomic E-state index is 6.27. The van der Waals surface area contributed by atoms with Crippen LogP contribution in [0.15, 0.2) is 136 Å². The van der Waals surface area contributed by atoms with Crippen LogP contribution in [-0.2, 0) is 0 Å². The highest BCUT2D eigenvalue weighted by atomic mass is 16.3. The summed E-state index contributed by atoms with van der Waals surface area (Å²) in [5.41, 5.74) is 9.42. The summed E-state index contributed by atoms with van der Waals surface area (Å²) in [6.45, 7) is 0. The largest absolute Gasteiger partial charge is 0.456 e. The van der Waals surface area contributed by atoms with Gasteiger partial charge in [-0.15, -0.1) is 0 Å². The molecule has 9 rings (SSSR count). The Morgan fingerprint density at radius 1 is 0.410 bits per heavy atom. The lowest BCUT2D eigenvalue weighted by Crippen LogP contribution is -1.93. The van der Waals surface area contributed by atoms with Gasteiger partial charge in [0.25, 0.3) is 0 Å². The molecule has 0 saturated carbocycles. The molecule has 0 atom stereocenters. The first-order valence-corrected chi connectivity index (χ1v) is 13.2. The molecule has 0 unspecified atom stereocenters. The molecule has 3 nitrogen and oxygen atoms in total. The molecule has 6 aromatic carbocycles. The first kappa shape index (κ1) is 20.7. The van der Waals surface area contributed by atoms with Crippen molar-refractivity contribution in [3.8, 4) is 16.8 Å². The molecular weight excluding hydrogens is 478 g/mol. The highest BCUT2D eigenvalue weighted by molar-refractivity contribution is 6.17. The van der Waals surface area contributed by atoms with Crippen molar-refractivity contribution in [2.75, 3.05) is 0 Å². The molecule has 0 aliphatic carbocycles. The van der Waals surface area contributed by atoms with Gasteiger partial charge in [-0.1, -0.05) is 78.9 Å². The maximum Gasteiger partial charge on any atom is 0.137 e. The SMILES string of the molecule is c1ccc2c(c1)oc1cc3c(cc12)c1ccccc1n3-c1ccc(-c2cccc3oc4ccccc4c23)cc1. The lowest BCUT2D eigenvalue weighted by Gasteiger charge is -2.10. The van der Waals surface area contributed by atoms with E-state index in [4.69, 9.17) is 8.83 Å². The van der Waals surface area contributed by atoms with Crippen molar-refractivity contribution >= 4 is 65.7 Å². The summed E-state index contributed by atoms with van der Waals surface area (Å²) < 4.78 is 14.8. The summed E-state index contributed by atoms with van der Waals surface area (Å²) in [4.78, 5) is 0. The van der Waals surface area contributed by atoms with E-state index in [1.807, 2.05) is 30.3 Å². The minimum absolute atomic E-state index is 0.905. The van der Waals surface area contributed by atoms with Crippen LogP contribution in [0.4, 0.5) is 0 Å². The number of benzene rings is 6. The summed E-state index contributed by atoms with van der Waals surface area (Å²) >= 11 is 0. The van der Waals surface area contributed by atoms with Crippen LogP contribution in [0.25, 0.3) is 82.5 Å². The molecule has 0 bridgehead atoms. The Bertz CT molecular complexity index is 2380. The highest BCUT2D eigenvalue weighted by Gasteiger charge is 2.17. The Morgan fingerprint density at radius 2 is 1.08 bits per heavy atom. The Balaban J connectivity index is 1.27. The second-order valence-electron chi connectivity index (χ2n) is 10.1. The predicted octanol–water partition coefficient (Wildman–Crippen LogP) is 10.2. The summed E-state index contributed by atoms with van der Waals surface area (Å²) in [5.74, 6) is 0. The van der Waals surface area contributed by atoms with Gasteiger partial charge < -0.3 is 13.4 Å². The molecule has 0 aliphatic heterocycles. The van der Waals surface area contributed by atoms with Gasteiger partial charge in [0, 0.05) is 44.1 Å². The van der Waals surface area contributed by atoms with Crippen molar-refractivity contribution in [3.63, 3.8) is 0 Å². The molecular formula is C36H21NO2. The van der Waals surface area contributed by atoms with Gasteiger partial charge in [0.15, 0.2) is 0 Å². The topological polar surface area (TPSA) is 31.2 Å². The van der Waals surface area contributed by atoms with Gasteiger partial charge in [0.1, 0.15) is 22.3 Å². The summed E-state index contributed by atoms with van der Waals surface area (Å²) in [5, 5.41) is 7.06. The van der Waals surface area contributed by atoms with Gasteiger partial charge in [0.2, 0.25) is 0 Å². The molecule has 3 heterocycles.